The van der Waals surface area contributed by atoms with Gasteiger partial charge in [-0.15, -0.1) is 11.3 Å². The monoisotopic (exact) mass is 278 g/mol. The van der Waals surface area contributed by atoms with Crippen molar-refractivity contribution in [3.63, 3.8) is 0 Å². The smallest absolute Gasteiger partial charge is 0.223 e. The summed E-state index contributed by atoms with van der Waals surface area (Å²) < 4.78 is 5.60. The summed E-state index contributed by atoms with van der Waals surface area (Å²) in [5.41, 5.74) is 5.70. The highest BCUT2D eigenvalue weighted by molar-refractivity contribution is 7.16. The molecule has 3 N–H and O–H groups in total. The number of aromatic nitrogens is 2. The molecule has 2 heterocycles. The molecule has 1 aliphatic carbocycles. The topological polar surface area (TPSA) is 73.1 Å². The van der Waals surface area contributed by atoms with Crippen molar-refractivity contribution in [3.05, 3.63) is 11.4 Å². The van der Waals surface area contributed by atoms with Gasteiger partial charge < -0.3 is 15.8 Å². The summed E-state index contributed by atoms with van der Waals surface area (Å²) in [6.07, 6.45) is 3.66. The van der Waals surface area contributed by atoms with Crippen LogP contribution in [-0.2, 0) is 4.74 Å². The zero-order chi connectivity index (χ0) is 13.1. The van der Waals surface area contributed by atoms with Crippen LogP contribution < -0.4 is 11.1 Å². The molecule has 1 saturated carbocycles. The lowest BCUT2D eigenvalue weighted by molar-refractivity contribution is 0.124. The number of nitrogen functional groups attached to an aromatic ring is 1. The maximum Gasteiger partial charge on any atom is 0.223 e. The third kappa shape index (κ3) is 3.33. The lowest BCUT2D eigenvalue weighted by Crippen LogP contribution is -2.09. The molecule has 0 amide bonds. The number of hydrogen-bond acceptors (Lipinski definition) is 6. The van der Waals surface area contributed by atoms with Crippen molar-refractivity contribution in [1.29, 1.82) is 0 Å². The SMILES string of the molecule is Nc1nc(NCCCOCC2CC2)c2ccsc2n1. The fraction of sp³-hybridized carbons (Fsp3) is 0.538. The van der Waals surface area contributed by atoms with Gasteiger partial charge in [0.2, 0.25) is 5.95 Å². The lowest BCUT2D eigenvalue weighted by atomic mass is 10.3. The standard InChI is InChI=1S/C13H18N4OS/c14-13-16-11(10-4-7-19-12(10)17-13)15-5-1-6-18-8-9-2-3-9/h4,7,9H,1-3,5-6,8H2,(H3,14,15,16,17). The van der Waals surface area contributed by atoms with Crippen molar-refractivity contribution in [2.24, 2.45) is 5.92 Å². The Kier molecular flexibility index (Phi) is 3.79. The van der Waals surface area contributed by atoms with E-state index in [9.17, 15) is 0 Å². The molecular formula is C13H18N4OS. The zero-order valence-corrected chi connectivity index (χ0v) is 11.6. The number of nitrogens with one attached hydrogen (secondary N) is 1. The maximum atomic E-state index is 5.70. The summed E-state index contributed by atoms with van der Waals surface area (Å²) in [4.78, 5) is 9.38. The van der Waals surface area contributed by atoms with Crippen LogP contribution in [0.3, 0.4) is 0 Å². The summed E-state index contributed by atoms with van der Waals surface area (Å²) in [6, 6.07) is 2.02. The molecule has 0 aliphatic heterocycles. The maximum absolute atomic E-state index is 5.70. The summed E-state index contributed by atoms with van der Waals surface area (Å²) in [6.45, 7) is 2.57. The molecule has 0 spiro atoms. The average Bonchev–Trinajstić information content (AvgIpc) is 3.09. The van der Waals surface area contributed by atoms with Crippen molar-refractivity contribution < 1.29 is 4.74 Å². The van der Waals surface area contributed by atoms with Crippen LogP contribution in [0.5, 0.6) is 0 Å². The normalized spacial score (nSPS) is 14.9. The second-order valence-electron chi connectivity index (χ2n) is 4.87. The molecule has 0 saturated heterocycles. The van der Waals surface area contributed by atoms with Crippen LogP contribution >= 0.6 is 11.3 Å². The number of fused-ring (bicyclic) bond motifs is 1. The molecule has 0 atom stereocenters. The van der Waals surface area contributed by atoms with Crippen LogP contribution in [0.15, 0.2) is 11.4 Å². The number of rotatable bonds is 7. The highest BCUT2D eigenvalue weighted by Crippen LogP contribution is 2.28. The summed E-state index contributed by atoms with van der Waals surface area (Å²) in [5.74, 6) is 1.98. The van der Waals surface area contributed by atoms with Gasteiger partial charge in [0.25, 0.3) is 0 Å². The largest absolute Gasteiger partial charge is 0.381 e. The van der Waals surface area contributed by atoms with Gasteiger partial charge in [-0.1, -0.05) is 0 Å². The molecule has 1 aliphatic rings. The van der Waals surface area contributed by atoms with Gasteiger partial charge in [-0.2, -0.15) is 4.98 Å². The van der Waals surface area contributed by atoms with E-state index in [1.165, 1.54) is 12.8 Å². The quantitative estimate of drug-likeness (QED) is 0.761. The van der Waals surface area contributed by atoms with E-state index in [0.29, 0.717) is 5.95 Å². The highest BCUT2D eigenvalue weighted by Gasteiger charge is 2.20. The minimum absolute atomic E-state index is 0.322. The molecule has 0 radical (unpaired) electrons. The van der Waals surface area contributed by atoms with Gasteiger partial charge in [0.05, 0.1) is 5.39 Å². The van der Waals surface area contributed by atoms with Crippen LogP contribution in [0, 0.1) is 5.92 Å². The first-order valence-corrected chi connectivity index (χ1v) is 7.53. The minimum Gasteiger partial charge on any atom is -0.381 e. The first kappa shape index (κ1) is 12.6. The Morgan fingerprint density at radius 2 is 2.32 bits per heavy atom. The van der Waals surface area contributed by atoms with Crippen molar-refractivity contribution in [3.8, 4) is 0 Å². The van der Waals surface area contributed by atoms with Crippen LogP contribution in [0.25, 0.3) is 10.2 Å². The Balaban J connectivity index is 1.48. The molecule has 0 unspecified atom stereocenters. The number of hydrogen-bond donors (Lipinski definition) is 2. The van der Waals surface area contributed by atoms with E-state index in [2.05, 4.69) is 15.3 Å². The van der Waals surface area contributed by atoms with E-state index >= 15 is 0 Å². The fourth-order valence-electron chi connectivity index (χ4n) is 1.92. The molecule has 5 nitrogen and oxygen atoms in total. The number of anilines is 2. The number of ether oxygens (including phenoxy) is 1. The molecule has 1 fully saturated rings. The van der Waals surface area contributed by atoms with Gasteiger partial charge in [-0.25, -0.2) is 4.98 Å². The fourth-order valence-corrected chi connectivity index (χ4v) is 2.69. The van der Waals surface area contributed by atoms with Crippen molar-refractivity contribution in [1.82, 2.24) is 9.97 Å². The lowest BCUT2D eigenvalue weighted by Gasteiger charge is -2.07. The third-order valence-corrected chi connectivity index (χ3v) is 3.96. The molecular weight excluding hydrogens is 260 g/mol. The first-order chi connectivity index (χ1) is 9.33. The van der Waals surface area contributed by atoms with Crippen LogP contribution in [0.4, 0.5) is 11.8 Å². The van der Waals surface area contributed by atoms with E-state index < -0.39 is 0 Å². The second-order valence-corrected chi connectivity index (χ2v) is 5.76. The van der Waals surface area contributed by atoms with Crippen LogP contribution in [-0.4, -0.2) is 29.7 Å². The molecule has 0 bridgehead atoms. The van der Waals surface area contributed by atoms with Gasteiger partial charge in [-0.05, 0) is 36.6 Å². The predicted molar refractivity (Wildman–Crippen MR) is 78.5 cm³/mol. The van der Waals surface area contributed by atoms with Gasteiger partial charge in [0.15, 0.2) is 0 Å². The number of thiophene rings is 1. The summed E-state index contributed by atoms with van der Waals surface area (Å²) >= 11 is 1.58. The molecule has 0 aromatic carbocycles. The molecule has 3 rings (SSSR count). The minimum atomic E-state index is 0.322. The molecule has 2 aromatic heterocycles. The highest BCUT2D eigenvalue weighted by atomic mass is 32.1. The molecule has 19 heavy (non-hydrogen) atoms. The molecule has 102 valence electrons. The Bertz CT molecular complexity index is 553. The van der Waals surface area contributed by atoms with E-state index in [-0.39, 0.29) is 0 Å². The van der Waals surface area contributed by atoms with Crippen molar-refractivity contribution in [2.75, 3.05) is 30.8 Å². The van der Waals surface area contributed by atoms with Crippen molar-refractivity contribution >= 4 is 33.3 Å². The predicted octanol–water partition coefficient (Wildman–Crippen LogP) is 2.50. The van der Waals surface area contributed by atoms with Gasteiger partial charge in [-0.3, -0.25) is 0 Å². The number of nitrogens with zero attached hydrogens (tertiary/aromatic N) is 2. The first-order valence-electron chi connectivity index (χ1n) is 6.65. The summed E-state index contributed by atoms with van der Waals surface area (Å²) in [7, 11) is 0. The van der Waals surface area contributed by atoms with E-state index in [4.69, 9.17) is 10.5 Å². The van der Waals surface area contributed by atoms with E-state index in [0.717, 1.165) is 48.1 Å². The Morgan fingerprint density at radius 3 is 3.16 bits per heavy atom. The zero-order valence-electron chi connectivity index (χ0n) is 10.8. The van der Waals surface area contributed by atoms with Gasteiger partial charge in [0.1, 0.15) is 10.6 Å². The van der Waals surface area contributed by atoms with Crippen LogP contribution in [0.2, 0.25) is 0 Å². The Hall–Kier alpha value is -1.40. The van der Waals surface area contributed by atoms with Crippen LogP contribution in [0.1, 0.15) is 19.3 Å². The Labute approximate surface area is 116 Å². The van der Waals surface area contributed by atoms with Crippen molar-refractivity contribution in [2.45, 2.75) is 19.3 Å². The molecule has 6 heteroatoms. The van der Waals surface area contributed by atoms with E-state index in [1.807, 2.05) is 11.4 Å². The third-order valence-electron chi connectivity index (χ3n) is 3.15. The van der Waals surface area contributed by atoms with Gasteiger partial charge in [0, 0.05) is 19.8 Å². The van der Waals surface area contributed by atoms with Gasteiger partial charge >= 0.3 is 0 Å². The second kappa shape index (κ2) is 5.71. The van der Waals surface area contributed by atoms with E-state index in [1.54, 1.807) is 11.3 Å². The average molecular weight is 278 g/mol. The molecule has 2 aromatic rings. The summed E-state index contributed by atoms with van der Waals surface area (Å²) in [5, 5.41) is 6.36. The number of nitrogens with two attached hydrogens (primary N) is 1. The Morgan fingerprint density at radius 1 is 1.42 bits per heavy atom.